The van der Waals surface area contributed by atoms with Crippen molar-refractivity contribution in [2.75, 3.05) is 23.4 Å². The van der Waals surface area contributed by atoms with Crippen molar-refractivity contribution in [2.45, 2.75) is 12.8 Å². The molecule has 0 amide bonds. The number of halogens is 1. The summed E-state index contributed by atoms with van der Waals surface area (Å²) >= 11 is 0. The first-order valence-corrected chi connectivity index (χ1v) is 7.57. The average molecular weight is 308 g/mol. The normalized spacial score (nSPS) is 14.3. The molecule has 0 aliphatic carbocycles. The fraction of sp³-hybridized carbons (Fsp3) is 0.222. The number of nitrogens with one attached hydrogen (secondary N) is 1. The highest BCUT2D eigenvalue weighted by Gasteiger charge is 2.15. The van der Waals surface area contributed by atoms with E-state index in [2.05, 4.69) is 21.5 Å². The molecule has 2 aromatic rings. The van der Waals surface area contributed by atoms with Crippen LogP contribution in [-0.2, 0) is 0 Å². The van der Waals surface area contributed by atoms with Gasteiger partial charge in [-0.05, 0) is 42.5 Å². The summed E-state index contributed by atoms with van der Waals surface area (Å²) in [6.45, 7) is 1.73. The molecular formula is C18H17FN4. The fourth-order valence-electron chi connectivity index (χ4n) is 2.59. The molecule has 1 fully saturated rings. The summed E-state index contributed by atoms with van der Waals surface area (Å²) in [5.74, 6) is -0.211. The number of rotatable bonds is 3. The Morgan fingerprint density at radius 1 is 1.09 bits per heavy atom. The standard InChI is InChI=1S/C18H17FN4/c19-15-4-6-18(7-5-15)23-10-8-16(9-11-23)21-22-17-3-1-2-14(12-17)13-20/h1-7,12,22H,8-11H2. The molecule has 4 nitrogen and oxygen atoms in total. The van der Waals surface area contributed by atoms with Crippen molar-refractivity contribution in [2.24, 2.45) is 5.10 Å². The number of hydrogen-bond donors (Lipinski definition) is 1. The Hall–Kier alpha value is -2.87. The molecule has 0 aromatic heterocycles. The van der Waals surface area contributed by atoms with E-state index in [1.807, 2.05) is 24.3 Å². The lowest BCUT2D eigenvalue weighted by Gasteiger charge is -2.29. The van der Waals surface area contributed by atoms with E-state index in [9.17, 15) is 4.39 Å². The van der Waals surface area contributed by atoms with Crippen molar-refractivity contribution in [3.63, 3.8) is 0 Å². The van der Waals surface area contributed by atoms with Crippen LogP contribution in [0, 0.1) is 17.1 Å². The zero-order valence-corrected chi connectivity index (χ0v) is 12.7. The lowest BCUT2D eigenvalue weighted by molar-refractivity contribution is 0.627. The van der Waals surface area contributed by atoms with Gasteiger partial charge in [0.25, 0.3) is 0 Å². The monoisotopic (exact) mass is 308 g/mol. The van der Waals surface area contributed by atoms with Crippen LogP contribution in [0.2, 0.25) is 0 Å². The number of hydrazone groups is 1. The van der Waals surface area contributed by atoms with E-state index in [1.54, 1.807) is 12.1 Å². The summed E-state index contributed by atoms with van der Waals surface area (Å²) in [5, 5.41) is 13.3. The van der Waals surface area contributed by atoms with Gasteiger partial charge in [-0.2, -0.15) is 10.4 Å². The molecule has 0 unspecified atom stereocenters. The van der Waals surface area contributed by atoms with Gasteiger partial charge >= 0.3 is 0 Å². The minimum Gasteiger partial charge on any atom is -0.371 e. The van der Waals surface area contributed by atoms with Gasteiger partial charge in [0, 0.05) is 37.3 Å². The van der Waals surface area contributed by atoms with Crippen LogP contribution in [0.4, 0.5) is 15.8 Å². The first-order chi connectivity index (χ1) is 11.2. The molecule has 1 heterocycles. The van der Waals surface area contributed by atoms with E-state index in [1.165, 1.54) is 12.1 Å². The third-order valence-electron chi connectivity index (χ3n) is 3.87. The molecule has 1 aliphatic rings. The molecule has 1 aliphatic heterocycles. The first kappa shape index (κ1) is 15.0. The minimum absolute atomic E-state index is 0.211. The molecule has 0 radical (unpaired) electrons. The molecule has 2 aromatic carbocycles. The number of anilines is 2. The number of benzene rings is 2. The zero-order chi connectivity index (χ0) is 16.1. The Labute approximate surface area is 134 Å². The van der Waals surface area contributed by atoms with Gasteiger partial charge in [-0.1, -0.05) is 6.07 Å². The molecule has 0 atom stereocenters. The predicted molar refractivity (Wildman–Crippen MR) is 90.1 cm³/mol. The van der Waals surface area contributed by atoms with Crippen molar-refractivity contribution < 1.29 is 4.39 Å². The molecule has 0 saturated carbocycles. The van der Waals surface area contributed by atoms with Crippen LogP contribution in [0.1, 0.15) is 18.4 Å². The van der Waals surface area contributed by atoms with Crippen LogP contribution in [0.5, 0.6) is 0 Å². The second-order valence-corrected chi connectivity index (χ2v) is 5.45. The molecule has 5 heteroatoms. The molecule has 1 N–H and O–H groups in total. The van der Waals surface area contributed by atoms with Gasteiger partial charge in [-0.3, -0.25) is 5.43 Å². The maximum Gasteiger partial charge on any atom is 0.123 e. The van der Waals surface area contributed by atoms with Crippen molar-refractivity contribution in [3.8, 4) is 6.07 Å². The maximum absolute atomic E-state index is 13.0. The van der Waals surface area contributed by atoms with Gasteiger partial charge in [-0.15, -0.1) is 0 Å². The number of nitriles is 1. The van der Waals surface area contributed by atoms with Gasteiger partial charge in [0.05, 0.1) is 17.3 Å². The Kier molecular flexibility index (Phi) is 4.53. The van der Waals surface area contributed by atoms with Crippen LogP contribution in [0.15, 0.2) is 53.6 Å². The first-order valence-electron chi connectivity index (χ1n) is 7.57. The lowest BCUT2D eigenvalue weighted by atomic mass is 10.1. The highest BCUT2D eigenvalue weighted by atomic mass is 19.1. The van der Waals surface area contributed by atoms with E-state index in [0.29, 0.717) is 5.56 Å². The molecule has 1 saturated heterocycles. The molecular weight excluding hydrogens is 291 g/mol. The van der Waals surface area contributed by atoms with E-state index < -0.39 is 0 Å². The maximum atomic E-state index is 13.0. The highest BCUT2D eigenvalue weighted by molar-refractivity contribution is 5.87. The second-order valence-electron chi connectivity index (χ2n) is 5.45. The quantitative estimate of drug-likeness (QED) is 0.878. The van der Waals surface area contributed by atoms with Gasteiger partial charge in [0.15, 0.2) is 0 Å². The smallest absolute Gasteiger partial charge is 0.123 e. The van der Waals surface area contributed by atoms with Crippen LogP contribution in [-0.4, -0.2) is 18.8 Å². The van der Waals surface area contributed by atoms with Gasteiger partial charge in [-0.25, -0.2) is 4.39 Å². The summed E-state index contributed by atoms with van der Waals surface area (Å²) in [6.07, 6.45) is 1.73. The summed E-state index contributed by atoms with van der Waals surface area (Å²) in [4.78, 5) is 2.23. The van der Waals surface area contributed by atoms with Crippen molar-refractivity contribution >= 4 is 17.1 Å². The minimum atomic E-state index is -0.211. The predicted octanol–water partition coefficient (Wildman–Crippen LogP) is 3.77. The van der Waals surface area contributed by atoms with Gasteiger partial charge in [0.2, 0.25) is 0 Å². The van der Waals surface area contributed by atoms with Gasteiger partial charge < -0.3 is 4.90 Å². The molecule has 0 bridgehead atoms. The Bertz CT molecular complexity index is 736. The average Bonchev–Trinajstić information content (AvgIpc) is 2.61. The number of nitrogens with zero attached hydrogens (tertiary/aromatic N) is 3. The van der Waals surface area contributed by atoms with Crippen molar-refractivity contribution in [1.29, 1.82) is 5.26 Å². The molecule has 23 heavy (non-hydrogen) atoms. The SMILES string of the molecule is N#Cc1cccc(NN=C2CCN(c3ccc(F)cc3)CC2)c1. The van der Waals surface area contributed by atoms with Crippen LogP contribution >= 0.6 is 0 Å². The third-order valence-corrected chi connectivity index (χ3v) is 3.87. The molecule has 116 valence electrons. The van der Waals surface area contributed by atoms with Crippen molar-refractivity contribution in [1.82, 2.24) is 0 Å². The van der Waals surface area contributed by atoms with Crippen LogP contribution < -0.4 is 10.3 Å². The Balaban J connectivity index is 1.58. The largest absolute Gasteiger partial charge is 0.371 e. The summed E-state index contributed by atoms with van der Waals surface area (Å²) < 4.78 is 13.0. The van der Waals surface area contributed by atoms with Gasteiger partial charge in [0.1, 0.15) is 5.82 Å². The summed E-state index contributed by atoms with van der Waals surface area (Å²) in [5.41, 5.74) is 6.59. The fourth-order valence-corrected chi connectivity index (χ4v) is 2.59. The zero-order valence-electron chi connectivity index (χ0n) is 12.7. The lowest BCUT2D eigenvalue weighted by Crippen LogP contribution is -2.34. The molecule has 3 rings (SSSR count). The van der Waals surface area contributed by atoms with Crippen LogP contribution in [0.25, 0.3) is 0 Å². The van der Waals surface area contributed by atoms with Crippen LogP contribution in [0.3, 0.4) is 0 Å². The number of hydrogen-bond acceptors (Lipinski definition) is 4. The summed E-state index contributed by atoms with van der Waals surface area (Å²) in [6, 6.07) is 16.0. The number of piperidine rings is 1. The van der Waals surface area contributed by atoms with Crippen molar-refractivity contribution in [3.05, 3.63) is 59.9 Å². The Morgan fingerprint density at radius 3 is 2.52 bits per heavy atom. The highest BCUT2D eigenvalue weighted by Crippen LogP contribution is 2.19. The van der Waals surface area contributed by atoms with E-state index in [4.69, 9.17) is 5.26 Å². The van der Waals surface area contributed by atoms with E-state index in [0.717, 1.165) is 43.0 Å². The summed E-state index contributed by atoms with van der Waals surface area (Å²) in [7, 11) is 0. The van der Waals surface area contributed by atoms with E-state index in [-0.39, 0.29) is 5.82 Å². The Morgan fingerprint density at radius 2 is 1.83 bits per heavy atom. The third kappa shape index (κ3) is 3.86. The second kappa shape index (κ2) is 6.93. The van der Waals surface area contributed by atoms with E-state index >= 15 is 0 Å². The molecule has 0 spiro atoms. The topological polar surface area (TPSA) is 51.4 Å².